The number of hydrogen-bond acceptors (Lipinski definition) is 1. The van der Waals surface area contributed by atoms with Crippen LogP contribution in [0.2, 0.25) is 0 Å². The summed E-state index contributed by atoms with van der Waals surface area (Å²) in [6.07, 6.45) is 0.523. The molecular formula is C6H12O2. The minimum absolute atomic E-state index is 0. The quantitative estimate of drug-likeness (QED) is 0.557. The van der Waals surface area contributed by atoms with E-state index in [1.807, 2.05) is 0 Å². The summed E-state index contributed by atoms with van der Waals surface area (Å²) < 4.78 is 0. The van der Waals surface area contributed by atoms with Crippen LogP contribution >= 0.6 is 0 Å². The van der Waals surface area contributed by atoms with Gasteiger partial charge in [0.15, 0.2) is 0 Å². The summed E-state index contributed by atoms with van der Waals surface area (Å²) in [4.78, 5) is 9.83. The van der Waals surface area contributed by atoms with Gasteiger partial charge in [0.25, 0.3) is 0 Å². The zero-order valence-electron chi connectivity index (χ0n) is 4.27. The van der Waals surface area contributed by atoms with E-state index in [0.717, 1.165) is 0 Å². The van der Waals surface area contributed by atoms with Crippen molar-refractivity contribution in [3.63, 3.8) is 0 Å². The molecule has 0 rings (SSSR count). The average molecular weight is 116 g/mol. The van der Waals surface area contributed by atoms with Gasteiger partial charge in [-0.15, -0.1) is 0 Å². The molecule has 2 nitrogen and oxygen atoms in total. The molecule has 0 heterocycles. The monoisotopic (exact) mass is 116 g/mol. The van der Waals surface area contributed by atoms with Crippen molar-refractivity contribution in [1.82, 2.24) is 0 Å². The van der Waals surface area contributed by atoms with E-state index in [2.05, 4.69) is 6.58 Å². The maximum atomic E-state index is 9.83. The van der Waals surface area contributed by atoms with Crippen LogP contribution in [-0.2, 0) is 4.79 Å². The number of carboxylic acid groups (broad SMARTS) is 1. The van der Waals surface area contributed by atoms with Crippen molar-refractivity contribution < 1.29 is 9.90 Å². The summed E-state index contributed by atoms with van der Waals surface area (Å²) in [6, 6.07) is 0. The van der Waals surface area contributed by atoms with Gasteiger partial charge in [-0.3, -0.25) is 0 Å². The molecule has 0 fully saturated rings. The summed E-state index contributed by atoms with van der Waals surface area (Å²) in [5, 5.41) is 8.08. The van der Waals surface area contributed by atoms with Crippen molar-refractivity contribution in [2.45, 2.75) is 20.8 Å². The Labute approximate surface area is 49.8 Å². The Morgan fingerprint density at radius 1 is 1.75 bits per heavy atom. The molecule has 0 aromatic carbocycles. The Kier molecular flexibility index (Phi) is 5.60. The van der Waals surface area contributed by atoms with Crippen molar-refractivity contribution in [2.75, 3.05) is 0 Å². The first-order valence-corrected chi connectivity index (χ1v) is 2.09. The molecule has 0 aromatic rings. The highest BCUT2D eigenvalue weighted by molar-refractivity contribution is 5.85. The van der Waals surface area contributed by atoms with Crippen molar-refractivity contribution in [2.24, 2.45) is 0 Å². The standard InChI is InChI=1S/C5H8O2.CH4/c1-3-4(2)5(6)7;/h2-3H2,1H3,(H,6,7);1H4. The summed E-state index contributed by atoms with van der Waals surface area (Å²) >= 11 is 0. The molecule has 1 N–H and O–H groups in total. The Morgan fingerprint density at radius 2 is 2.12 bits per heavy atom. The van der Waals surface area contributed by atoms with Gasteiger partial charge in [0.1, 0.15) is 0 Å². The molecule has 0 saturated carbocycles. The van der Waals surface area contributed by atoms with Crippen molar-refractivity contribution in [3.8, 4) is 0 Å². The third-order valence-electron chi connectivity index (χ3n) is 0.729. The van der Waals surface area contributed by atoms with Gasteiger partial charge in [-0.1, -0.05) is 20.9 Å². The van der Waals surface area contributed by atoms with Crippen LogP contribution in [0.4, 0.5) is 0 Å². The number of rotatable bonds is 2. The van der Waals surface area contributed by atoms with E-state index < -0.39 is 5.97 Å². The van der Waals surface area contributed by atoms with Crippen LogP contribution in [0.3, 0.4) is 0 Å². The lowest BCUT2D eigenvalue weighted by atomic mass is 10.2. The molecule has 2 heteroatoms. The SMILES string of the molecule is C.C=C(CC)C(=O)O. The van der Waals surface area contributed by atoms with Crippen molar-refractivity contribution >= 4 is 5.97 Å². The van der Waals surface area contributed by atoms with E-state index in [0.29, 0.717) is 6.42 Å². The lowest BCUT2D eigenvalue weighted by Crippen LogP contribution is -1.95. The second kappa shape index (κ2) is 4.37. The smallest absolute Gasteiger partial charge is 0.330 e. The van der Waals surface area contributed by atoms with E-state index in [1.54, 1.807) is 6.92 Å². The molecule has 0 spiro atoms. The van der Waals surface area contributed by atoms with Gasteiger partial charge >= 0.3 is 5.97 Å². The Hall–Kier alpha value is -0.790. The maximum absolute atomic E-state index is 9.83. The lowest BCUT2D eigenvalue weighted by molar-refractivity contribution is -0.132. The third kappa shape index (κ3) is 3.40. The molecule has 0 atom stereocenters. The molecule has 0 aliphatic carbocycles. The average Bonchev–Trinajstić information content (AvgIpc) is 1.65. The van der Waals surface area contributed by atoms with Gasteiger partial charge in [0.05, 0.1) is 0 Å². The van der Waals surface area contributed by atoms with E-state index >= 15 is 0 Å². The van der Waals surface area contributed by atoms with Crippen LogP contribution in [0.1, 0.15) is 20.8 Å². The van der Waals surface area contributed by atoms with E-state index in [4.69, 9.17) is 5.11 Å². The number of carbonyl (C=O) groups is 1. The fourth-order valence-electron chi connectivity index (χ4n) is 0.151. The van der Waals surface area contributed by atoms with Crippen LogP contribution in [-0.4, -0.2) is 11.1 Å². The Balaban J connectivity index is 0. The van der Waals surface area contributed by atoms with Crippen LogP contribution < -0.4 is 0 Å². The van der Waals surface area contributed by atoms with E-state index in [-0.39, 0.29) is 13.0 Å². The fraction of sp³-hybridized carbons (Fsp3) is 0.500. The van der Waals surface area contributed by atoms with Gasteiger partial charge in [0.2, 0.25) is 0 Å². The topological polar surface area (TPSA) is 37.3 Å². The van der Waals surface area contributed by atoms with Crippen LogP contribution in [0.25, 0.3) is 0 Å². The Morgan fingerprint density at radius 3 is 2.12 bits per heavy atom. The second-order valence-corrected chi connectivity index (χ2v) is 1.26. The highest BCUT2D eigenvalue weighted by atomic mass is 16.4. The molecule has 0 bridgehead atoms. The van der Waals surface area contributed by atoms with Gasteiger partial charge in [0, 0.05) is 5.57 Å². The van der Waals surface area contributed by atoms with Crippen LogP contribution in [0, 0.1) is 0 Å². The molecule has 0 amide bonds. The largest absolute Gasteiger partial charge is 0.478 e. The highest BCUT2D eigenvalue weighted by Gasteiger charge is 1.96. The first-order valence-electron chi connectivity index (χ1n) is 2.09. The molecule has 0 aromatic heterocycles. The van der Waals surface area contributed by atoms with E-state index in [1.165, 1.54) is 0 Å². The number of carboxylic acids is 1. The first kappa shape index (κ1) is 10.2. The molecule has 0 aliphatic heterocycles. The van der Waals surface area contributed by atoms with Crippen LogP contribution in [0.5, 0.6) is 0 Å². The number of aliphatic carboxylic acids is 1. The Bertz CT molecular complexity index is 94.7. The molecular weight excluding hydrogens is 104 g/mol. The second-order valence-electron chi connectivity index (χ2n) is 1.26. The maximum Gasteiger partial charge on any atom is 0.330 e. The van der Waals surface area contributed by atoms with Crippen molar-refractivity contribution in [3.05, 3.63) is 12.2 Å². The highest BCUT2D eigenvalue weighted by Crippen LogP contribution is 1.93. The third-order valence-corrected chi connectivity index (χ3v) is 0.729. The predicted molar refractivity (Wildman–Crippen MR) is 33.8 cm³/mol. The summed E-state index contributed by atoms with van der Waals surface area (Å²) in [5.74, 6) is -0.900. The molecule has 0 radical (unpaired) electrons. The molecule has 8 heavy (non-hydrogen) atoms. The van der Waals surface area contributed by atoms with E-state index in [9.17, 15) is 4.79 Å². The molecule has 0 unspecified atom stereocenters. The normalized spacial score (nSPS) is 7.12. The molecule has 0 aliphatic rings. The fourth-order valence-corrected chi connectivity index (χ4v) is 0.151. The van der Waals surface area contributed by atoms with Gasteiger partial charge < -0.3 is 5.11 Å². The minimum Gasteiger partial charge on any atom is -0.478 e. The number of hydrogen-bond donors (Lipinski definition) is 1. The predicted octanol–water partition coefficient (Wildman–Crippen LogP) is 1.67. The lowest BCUT2D eigenvalue weighted by Gasteiger charge is -1.87. The molecule has 0 saturated heterocycles. The summed E-state index contributed by atoms with van der Waals surface area (Å²) in [5.41, 5.74) is 0.264. The van der Waals surface area contributed by atoms with Crippen LogP contribution in [0.15, 0.2) is 12.2 Å². The zero-order valence-corrected chi connectivity index (χ0v) is 4.27. The summed E-state index contributed by atoms with van der Waals surface area (Å²) in [7, 11) is 0. The molecule has 48 valence electrons. The first-order chi connectivity index (χ1) is 3.18. The minimum atomic E-state index is -0.900. The summed E-state index contributed by atoms with van der Waals surface area (Å²) in [6.45, 7) is 5.03. The van der Waals surface area contributed by atoms with Gasteiger partial charge in [-0.05, 0) is 6.42 Å². The van der Waals surface area contributed by atoms with Gasteiger partial charge in [-0.25, -0.2) is 4.79 Å². The van der Waals surface area contributed by atoms with Crippen molar-refractivity contribution in [1.29, 1.82) is 0 Å². The zero-order chi connectivity index (χ0) is 5.86. The van der Waals surface area contributed by atoms with Gasteiger partial charge in [-0.2, -0.15) is 0 Å².